The minimum atomic E-state index is -2.92. The second-order valence-corrected chi connectivity index (χ2v) is 7.89. The molecule has 3 atom stereocenters. The molecule has 0 bridgehead atoms. The van der Waals surface area contributed by atoms with Crippen molar-refractivity contribution < 1.29 is 18.7 Å². The van der Waals surface area contributed by atoms with Gasteiger partial charge in [-0.3, -0.25) is 9.78 Å². The molecule has 0 saturated heterocycles. The minimum Gasteiger partial charge on any atom is -0.397 e. The molecule has 2 aliphatic rings. The fraction of sp³-hybridized carbons (Fsp3) is 0.381. The lowest BCUT2D eigenvalue weighted by atomic mass is 9.72. The molecular weight excluding hydrogens is 389 g/mol. The van der Waals surface area contributed by atoms with E-state index in [1.165, 1.54) is 0 Å². The number of amides is 1. The smallest absolute Gasteiger partial charge is 0.260 e. The predicted molar refractivity (Wildman–Crippen MR) is 111 cm³/mol. The number of aliphatic hydroxyl groups is 1. The molecule has 1 amide bonds. The third-order valence-corrected chi connectivity index (χ3v) is 5.63. The van der Waals surface area contributed by atoms with Crippen LogP contribution >= 0.6 is 0 Å². The van der Waals surface area contributed by atoms with Gasteiger partial charge in [-0.05, 0) is 31.1 Å². The molecule has 4 rings (SSSR count). The van der Waals surface area contributed by atoms with Gasteiger partial charge in [0.05, 0.1) is 11.7 Å². The van der Waals surface area contributed by atoms with Crippen molar-refractivity contribution in [3.63, 3.8) is 0 Å². The lowest BCUT2D eigenvalue weighted by Crippen LogP contribution is -2.49. The van der Waals surface area contributed by atoms with Gasteiger partial charge >= 0.3 is 0 Å². The molecule has 3 heterocycles. The number of hydrogen-bond donors (Lipinski definition) is 3. The van der Waals surface area contributed by atoms with E-state index in [1.54, 1.807) is 24.7 Å². The Hall–Kier alpha value is -2.81. The number of aromatic nitrogens is 2. The molecule has 3 unspecified atom stereocenters. The number of alkyl halides is 2. The average Bonchev–Trinajstić information content (AvgIpc) is 3.36. The lowest BCUT2D eigenvalue weighted by molar-refractivity contribution is -0.119. The van der Waals surface area contributed by atoms with Crippen LogP contribution in [0.2, 0.25) is 0 Å². The maximum absolute atomic E-state index is 13.0. The third kappa shape index (κ3) is 3.81. The SMILES string of the molecule is [B]C(O)(CC)C1C=C(C)C(c2cc3cnc(NC(=O)C4CC4(F)F)cc3cn2)=CN1. The van der Waals surface area contributed by atoms with E-state index in [1.807, 2.05) is 26.0 Å². The van der Waals surface area contributed by atoms with Gasteiger partial charge in [0.25, 0.3) is 5.92 Å². The summed E-state index contributed by atoms with van der Waals surface area (Å²) < 4.78 is 26.1. The first kappa shape index (κ1) is 20.5. The van der Waals surface area contributed by atoms with Crippen molar-refractivity contribution in [1.82, 2.24) is 15.3 Å². The number of nitrogens with one attached hydrogen (secondary N) is 2. The van der Waals surface area contributed by atoms with Crippen molar-refractivity contribution in [2.75, 3.05) is 5.32 Å². The number of allylic oxidation sites excluding steroid dienone is 2. The van der Waals surface area contributed by atoms with E-state index >= 15 is 0 Å². The highest BCUT2D eigenvalue weighted by molar-refractivity contribution is 6.15. The van der Waals surface area contributed by atoms with Gasteiger partial charge in [0.1, 0.15) is 19.6 Å². The number of fused-ring (bicyclic) bond motifs is 1. The van der Waals surface area contributed by atoms with Crippen LogP contribution < -0.4 is 10.6 Å². The van der Waals surface area contributed by atoms with E-state index < -0.39 is 35.7 Å². The van der Waals surface area contributed by atoms with Crippen LogP contribution in [0.25, 0.3) is 16.3 Å². The molecule has 6 nitrogen and oxygen atoms in total. The van der Waals surface area contributed by atoms with Crippen LogP contribution in [-0.4, -0.2) is 46.3 Å². The highest BCUT2D eigenvalue weighted by Crippen LogP contribution is 2.49. The molecule has 154 valence electrons. The number of carbonyl (C=O) groups excluding carboxylic acids is 1. The molecule has 2 aromatic heterocycles. The highest BCUT2D eigenvalue weighted by atomic mass is 19.3. The summed E-state index contributed by atoms with van der Waals surface area (Å²) in [5.41, 5.74) is 1.13. The number of pyridine rings is 2. The maximum atomic E-state index is 13.0. The Balaban J connectivity index is 1.53. The Kier molecular flexibility index (Phi) is 4.88. The van der Waals surface area contributed by atoms with Gasteiger partial charge in [-0.2, -0.15) is 0 Å². The molecule has 0 spiro atoms. The van der Waals surface area contributed by atoms with Crippen LogP contribution in [-0.2, 0) is 4.79 Å². The zero-order valence-electron chi connectivity index (χ0n) is 16.6. The van der Waals surface area contributed by atoms with E-state index in [9.17, 15) is 18.7 Å². The summed E-state index contributed by atoms with van der Waals surface area (Å²) in [7, 11) is 5.92. The topological polar surface area (TPSA) is 87.1 Å². The Labute approximate surface area is 173 Å². The monoisotopic (exact) mass is 410 g/mol. The first-order valence-corrected chi connectivity index (χ1v) is 9.72. The fourth-order valence-electron chi connectivity index (χ4n) is 3.42. The quantitative estimate of drug-likeness (QED) is 0.660. The molecule has 1 fully saturated rings. The Bertz CT molecular complexity index is 1080. The Morgan fingerprint density at radius 2 is 2.03 bits per heavy atom. The lowest BCUT2D eigenvalue weighted by Gasteiger charge is -2.34. The van der Waals surface area contributed by atoms with Gasteiger partial charge in [0.15, 0.2) is 0 Å². The Morgan fingerprint density at radius 3 is 2.67 bits per heavy atom. The van der Waals surface area contributed by atoms with Gasteiger partial charge in [0.2, 0.25) is 5.91 Å². The average molecular weight is 410 g/mol. The molecule has 1 aliphatic heterocycles. The summed E-state index contributed by atoms with van der Waals surface area (Å²) in [6.07, 6.45) is 6.83. The summed E-state index contributed by atoms with van der Waals surface area (Å²) in [4.78, 5) is 20.5. The van der Waals surface area contributed by atoms with Crippen LogP contribution in [0.4, 0.5) is 14.6 Å². The van der Waals surface area contributed by atoms with E-state index in [4.69, 9.17) is 7.85 Å². The second kappa shape index (κ2) is 7.16. The standard InChI is InChI=1S/C21H21BF2N4O2/c1-3-20(22,30)17-4-11(2)14(10-26-17)16-5-12-9-27-18(6-13(12)8-25-16)28-19(29)15-7-21(15,23)24/h4-6,8-10,15,17,26,30H,3,7H2,1-2H3,(H,27,28,29). The highest BCUT2D eigenvalue weighted by Gasteiger charge is 2.61. The van der Waals surface area contributed by atoms with Gasteiger partial charge in [-0.25, -0.2) is 13.8 Å². The second-order valence-electron chi connectivity index (χ2n) is 7.89. The molecule has 30 heavy (non-hydrogen) atoms. The van der Waals surface area contributed by atoms with Gasteiger partial charge in [0, 0.05) is 46.9 Å². The van der Waals surface area contributed by atoms with Crippen molar-refractivity contribution >= 4 is 35.9 Å². The van der Waals surface area contributed by atoms with Gasteiger partial charge < -0.3 is 15.7 Å². The van der Waals surface area contributed by atoms with E-state index in [-0.39, 0.29) is 5.82 Å². The maximum Gasteiger partial charge on any atom is 0.260 e. The number of nitrogens with zero attached hydrogens (tertiary/aromatic N) is 2. The Morgan fingerprint density at radius 1 is 1.37 bits per heavy atom. The largest absolute Gasteiger partial charge is 0.397 e. The normalized spacial score (nSPS) is 24.3. The number of anilines is 1. The van der Waals surface area contributed by atoms with Crippen molar-refractivity contribution in [2.24, 2.45) is 5.92 Å². The molecule has 2 aromatic rings. The van der Waals surface area contributed by atoms with Gasteiger partial charge in [-0.1, -0.05) is 13.0 Å². The summed E-state index contributed by atoms with van der Waals surface area (Å²) in [6.45, 7) is 3.73. The van der Waals surface area contributed by atoms with Crippen LogP contribution in [0.1, 0.15) is 32.4 Å². The predicted octanol–water partition coefficient (Wildman–Crippen LogP) is 2.75. The molecule has 0 aromatic carbocycles. The first-order chi connectivity index (χ1) is 14.1. The molecule has 3 N–H and O–H groups in total. The summed E-state index contributed by atoms with van der Waals surface area (Å²) in [6, 6.07) is 3.05. The summed E-state index contributed by atoms with van der Waals surface area (Å²) in [5.74, 6) is -4.71. The number of dihydropyridines is 1. The minimum absolute atomic E-state index is 0.212. The van der Waals surface area contributed by atoms with E-state index in [0.717, 1.165) is 21.9 Å². The van der Waals surface area contributed by atoms with Crippen molar-refractivity contribution in [3.8, 4) is 0 Å². The van der Waals surface area contributed by atoms with Crippen LogP contribution in [0.15, 0.2) is 42.4 Å². The van der Waals surface area contributed by atoms with Crippen LogP contribution in [0.5, 0.6) is 0 Å². The summed E-state index contributed by atoms with van der Waals surface area (Å²) in [5, 5.41) is 17.3. The molecule has 2 radical (unpaired) electrons. The number of carbonyl (C=O) groups is 1. The van der Waals surface area contributed by atoms with E-state index in [0.29, 0.717) is 12.1 Å². The molecule has 1 aliphatic carbocycles. The third-order valence-electron chi connectivity index (χ3n) is 5.63. The van der Waals surface area contributed by atoms with E-state index in [2.05, 4.69) is 20.6 Å². The van der Waals surface area contributed by atoms with Gasteiger partial charge in [-0.15, -0.1) is 0 Å². The number of hydrogen-bond acceptors (Lipinski definition) is 5. The van der Waals surface area contributed by atoms with Crippen molar-refractivity contribution in [2.45, 2.75) is 44.2 Å². The van der Waals surface area contributed by atoms with Crippen molar-refractivity contribution in [3.05, 3.63) is 48.1 Å². The molecule has 9 heteroatoms. The fourth-order valence-corrected chi connectivity index (χ4v) is 3.42. The molecule has 1 saturated carbocycles. The zero-order chi connectivity index (χ0) is 21.7. The summed E-state index contributed by atoms with van der Waals surface area (Å²) >= 11 is 0. The van der Waals surface area contributed by atoms with Crippen LogP contribution in [0.3, 0.4) is 0 Å². The zero-order valence-corrected chi connectivity index (χ0v) is 16.6. The number of rotatable bonds is 5. The van der Waals surface area contributed by atoms with Crippen molar-refractivity contribution in [1.29, 1.82) is 0 Å². The molecular formula is C21H21BF2N4O2. The first-order valence-electron chi connectivity index (χ1n) is 9.72. The number of halogens is 2. The van der Waals surface area contributed by atoms with Crippen LogP contribution in [0, 0.1) is 5.92 Å².